The minimum atomic E-state index is 0.548. The van der Waals surface area contributed by atoms with Gasteiger partial charge in [-0.3, -0.25) is 0 Å². The highest BCUT2D eigenvalue weighted by Crippen LogP contribution is 2.08. The zero-order valence-corrected chi connectivity index (χ0v) is 8.59. The van der Waals surface area contributed by atoms with Gasteiger partial charge in [0, 0.05) is 23.7 Å². The molecule has 0 aliphatic carbocycles. The lowest BCUT2D eigenvalue weighted by molar-refractivity contribution is 1.32. The van der Waals surface area contributed by atoms with Gasteiger partial charge in [-0.2, -0.15) is 0 Å². The number of hydrogen-bond acceptors (Lipinski definition) is 1. The van der Waals surface area contributed by atoms with E-state index >= 15 is 0 Å². The average Bonchev–Trinajstić information content (AvgIpc) is 2.25. The summed E-state index contributed by atoms with van der Waals surface area (Å²) in [6.45, 7) is 0.765. The predicted molar refractivity (Wildman–Crippen MR) is 62.7 cm³/mol. The van der Waals surface area contributed by atoms with Crippen LogP contribution >= 0.6 is 11.6 Å². The highest BCUT2D eigenvalue weighted by molar-refractivity contribution is 6.18. The molecular weight excluding hydrogens is 194 g/mol. The van der Waals surface area contributed by atoms with Crippen molar-refractivity contribution in [2.75, 3.05) is 17.7 Å². The summed E-state index contributed by atoms with van der Waals surface area (Å²) in [5, 5.41) is 3.21. The maximum absolute atomic E-state index is 5.49. The highest BCUT2D eigenvalue weighted by atomic mass is 35.5. The summed E-state index contributed by atoms with van der Waals surface area (Å²) in [7, 11) is 0. The first-order valence-corrected chi connectivity index (χ1v) is 4.92. The molecule has 0 saturated heterocycles. The van der Waals surface area contributed by atoms with Crippen molar-refractivity contribution < 1.29 is 0 Å². The molecule has 1 N–H and O–H groups in total. The predicted octanol–water partition coefficient (Wildman–Crippen LogP) is 2.87. The van der Waals surface area contributed by atoms with Crippen LogP contribution in [-0.4, -0.2) is 12.4 Å². The van der Waals surface area contributed by atoms with Crippen molar-refractivity contribution >= 4 is 17.3 Å². The first kappa shape index (κ1) is 10.7. The molecule has 2 heteroatoms. The molecule has 0 heterocycles. The van der Waals surface area contributed by atoms with Gasteiger partial charge in [0.15, 0.2) is 0 Å². The Labute approximate surface area is 89.8 Å². The molecule has 0 amide bonds. The molecule has 0 aliphatic rings. The third-order valence-corrected chi connectivity index (χ3v) is 1.89. The van der Waals surface area contributed by atoms with E-state index in [0.717, 1.165) is 17.8 Å². The van der Waals surface area contributed by atoms with E-state index in [0.29, 0.717) is 5.88 Å². The molecule has 0 aromatic heterocycles. The second-order valence-electron chi connectivity index (χ2n) is 2.73. The molecular formula is C12H12ClN. The Kier molecular flexibility index (Phi) is 4.68. The summed E-state index contributed by atoms with van der Waals surface area (Å²) in [5.74, 6) is 3.14. The Morgan fingerprint density at radius 3 is 3.00 bits per heavy atom. The van der Waals surface area contributed by atoms with E-state index in [2.05, 4.69) is 11.2 Å². The van der Waals surface area contributed by atoms with Gasteiger partial charge in [-0.05, 0) is 18.2 Å². The Hall–Kier alpha value is -1.39. The van der Waals surface area contributed by atoms with E-state index in [4.69, 9.17) is 18.0 Å². The minimum Gasteiger partial charge on any atom is -0.382 e. The van der Waals surface area contributed by atoms with Crippen LogP contribution in [0, 0.1) is 12.3 Å². The van der Waals surface area contributed by atoms with Crippen LogP contribution < -0.4 is 5.32 Å². The Morgan fingerprint density at radius 2 is 2.29 bits per heavy atom. The van der Waals surface area contributed by atoms with Gasteiger partial charge in [0.2, 0.25) is 0 Å². The molecule has 0 atom stereocenters. The number of alkyl halides is 1. The fraction of sp³-hybridized carbons (Fsp3) is 0.167. The van der Waals surface area contributed by atoms with E-state index in [1.807, 2.05) is 36.4 Å². The second kappa shape index (κ2) is 6.12. The average molecular weight is 206 g/mol. The van der Waals surface area contributed by atoms with Crippen LogP contribution in [0.1, 0.15) is 5.56 Å². The first-order valence-electron chi connectivity index (χ1n) is 4.38. The SMILES string of the molecule is C#Cc1cccc(NC/C=C/CCl)c1. The zero-order valence-electron chi connectivity index (χ0n) is 7.83. The van der Waals surface area contributed by atoms with Gasteiger partial charge in [0.25, 0.3) is 0 Å². The van der Waals surface area contributed by atoms with Crippen molar-refractivity contribution in [2.24, 2.45) is 0 Å². The molecule has 0 aliphatic heterocycles. The largest absolute Gasteiger partial charge is 0.382 e. The number of halogens is 1. The second-order valence-corrected chi connectivity index (χ2v) is 3.04. The minimum absolute atomic E-state index is 0.548. The summed E-state index contributed by atoms with van der Waals surface area (Å²) in [5.41, 5.74) is 1.91. The van der Waals surface area contributed by atoms with Crippen molar-refractivity contribution in [2.45, 2.75) is 0 Å². The van der Waals surface area contributed by atoms with Crippen LogP contribution in [-0.2, 0) is 0 Å². The van der Waals surface area contributed by atoms with Gasteiger partial charge in [0.05, 0.1) is 0 Å². The number of allylic oxidation sites excluding steroid dienone is 1. The van der Waals surface area contributed by atoms with Crippen LogP contribution in [0.3, 0.4) is 0 Å². The number of hydrogen-bond donors (Lipinski definition) is 1. The molecule has 14 heavy (non-hydrogen) atoms. The third kappa shape index (κ3) is 3.55. The number of rotatable bonds is 4. The van der Waals surface area contributed by atoms with Crippen LogP contribution in [0.4, 0.5) is 5.69 Å². The molecule has 1 rings (SSSR count). The van der Waals surface area contributed by atoms with Crippen LogP contribution in [0.15, 0.2) is 36.4 Å². The Bertz CT molecular complexity index is 350. The molecule has 0 fully saturated rings. The standard InChI is InChI=1S/C12H12ClN/c1-2-11-6-5-7-12(10-11)14-9-4-3-8-13/h1,3-7,10,14H,8-9H2/b4-3+. The van der Waals surface area contributed by atoms with Crippen LogP contribution in [0.5, 0.6) is 0 Å². The van der Waals surface area contributed by atoms with Gasteiger partial charge in [-0.25, -0.2) is 0 Å². The summed E-state index contributed by atoms with van der Waals surface area (Å²) in [6, 6.07) is 7.76. The van der Waals surface area contributed by atoms with Crippen molar-refractivity contribution in [3.63, 3.8) is 0 Å². The number of terminal acetylenes is 1. The van der Waals surface area contributed by atoms with Gasteiger partial charge < -0.3 is 5.32 Å². The fourth-order valence-electron chi connectivity index (χ4n) is 1.04. The normalized spacial score (nSPS) is 10.0. The molecule has 0 spiro atoms. The molecule has 1 nitrogen and oxygen atoms in total. The van der Waals surface area contributed by atoms with Gasteiger partial charge in [-0.15, -0.1) is 18.0 Å². The summed E-state index contributed by atoms with van der Waals surface area (Å²) in [4.78, 5) is 0. The molecule has 0 unspecified atom stereocenters. The maximum atomic E-state index is 5.49. The first-order chi connectivity index (χ1) is 6.86. The highest BCUT2D eigenvalue weighted by Gasteiger charge is 1.90. The zero-order chi connectivity index (χ0) is 10.2. The molecule has 1 aromatic rings. The summed E-state index contributed by atoms with van der Waals surface area (Å²) >= 11 is 5.49. The summed E-state index contributed by atoms with van der Waals surface area (Å²) in [6.07, 6.45) is 9.17. The van der Waals surface area contributed by atoms with Crippen molar-refractivity contribution in [3.05, 3.63) is 42.0 Å². The van der Waals surface area contributed by atoms with Gasteiger partial charge in [-0.1, -0.05) is 24.1 Å². The quantitative estimate of drug-likeness (QED) is 0.453. The van der Waals surface area contributed by atoms with Crippen molar-refractivity contribution in [1.82, 2.24) is 0 Å². The Morgan fingerprint density at radius 1 is 1.43 bits per heavy atom. The van der Waals surface area contributed by atoms with Gasteiger partial charge >= 0.3 is 0 Å². The maximum Gasteiger partial charge on any atom is 0.0404 e. The topological polar surface area (TPSA) is 12.0 Å². The number of anilines is 1. The lowest BCUT2D eigenvalue weighted by atomic mass is 10.2. The number of benzene rings is 1. The molecule has 0 bridgehead atoms. The van der Waals surface area contributed by atoms with Crippen LogP contribution in [0.25, 0.3) is 0 Å². The smallest absolute Gasteiger partial charge is 0.0404 e. The van der Waals surface area contributed by atoms with E-state index in [1.165, 1.54) is 0 Å². The molecule has 0 saturated carbocycles. The van der Waals surface area contributed by atoms with E-state index < -0.39 is 0 Å². The van der Waals surface area contributed by atoms with Crippen LogP contribution in [0.2, 0.25) is 0 Å². The fourth-order valence-corrected chi connectivity index (χ4v) is 1.17. The monoisotopic (exact) mass is 205 g/mol. The lowest BCUT2D eigenvalue weighted by Gasteiger charge is -2.02. The molecule has 72 valence electrons. The van der Waals surface area contributed by atoms with Crippen molar-refractivity contribution in [3.8, 4) is 12.3 Å². The van der Waals surface area contributed by atoms with Gasteiger partial charge in [0.1, 0.15) is 0 Å². The lowest BCUT2D eigenvalue weighted by Crippen LogP contribution is -1.98. The van der Waals surface area contributed by atoms with Crippen molar-refractivity contribution in [1.29, 1.82) is 0 Å². The summed E-state index contributed by atoms with van der Waals surface area (Å²) < 4.78 is 0. The third-order valence-electron chi connectivity index (χ3n) is 1.71. The van der Waals surface area contributed by atoms with E-state index in [1.54, 1.807) is 0 Å². The van der Waals surface area contributed by atoms with E-state index in [9.17, 15) is 0 Å². The number of nitrogens with one attached hydrogen (secondary N) is 1. The van der Waals surface area contributed by atoms with E-state index in [-0.39, 0.29) is 0 Å². The molecule has 0 radical (unpaired) electrons. The Balaban J connectivity index is 2.51. The molecule has 1 aromatic carbocycles.